The third kappa shape index (κ3) is 3.83. The van der Waals surface area contributed by atoms with Gasteiger partial charge in [0, 0.05) is 35.0 Å². The number of hydrogen-bond donors (Lipinski definition) is 1. The molecule has 1 fully saturated rings. The average molecular weight is 457 g/mol. The molecule has 164 valence electrons. The molecule has 32 heavy (non-hydrogen) atoms. The molecule has 1 saturated heterocycles. The largest absolute Gasteiger partial charge is 0.389 e. The van der Waals surface area contributed by atoms with Gasteiger partial charge in [-0.2, -0.15) is 14.9 Å². The highest BCUT2D eigenvalue weighted by atomic mass is 35.5. The minimum absolute atomic E-state index is 0.0526. The molecule has 2 aromatic heterocycles. The predicted molar refractivity (Wildman–Crippen MR) is 119 cm³/mol. The molecule has 0 amide bonds. The Hall–Kier alpha value is -3.35. The summed E-state index contributed by atoms with van der Waals surface area (Å²) in [5, 5.41) is 23.9. The molecule has 0 aromatic carbocycles. The van der Waals surface area contributed by atoms with Crippen molar-refractivity contribution in [3.05, 3.63) is 63.6 Å². The molecule has 2 aliphatic rings. The molecule has 0 saturated carbocycles. The summed E-state index contributed by atoms with van der Waals surface area (Å²) in [7, 11) is 0. The van der Waals surface area contributed by atoms with Crippen molar-refractivity contribution >= 4 is 34.9 Å². The smallest absolute Gasteiger partial charge is 0.283 e. The highest BCUT2D eigenvalue weighted by Crippen LogP contribution is 2.34. The minimum atomic E-state index is -2.92. The van der Waals surface area contributed by atoms with Crippen LogP contribution in [0.1, 0.15) is 35.9 Å². The van der Waals surface area contributed by atoms with E-state index in [0.29, 0.717) is 52.2 Å². The summed E-state index contributed by atoms with van der Waals surface area (Å²) < 4.78 is 28.4. The monoisotopic (exact) mass is 456 g/mol. The van der Waals surface area contributed by atoms with Gasteiger partial charge in [0.1, 0.15) is 23.1 Å². The number of alkyl halides is 2. The lowest BCUT2D eigenvalue weighted by atomic mass is 10.0. The number of rotatable bonds is 4. The fourth-order valence-electron chi connectivity index (χ4n) is 3.63. The quantitative estimate of drug-likeness (QED) is 0.748. The second-order valence-corrected chi connectivity index (χ2v) is 8.03. The van der Waals surface area contributed by atoms with E-state index in [9.17, 15) is 19.1 Å². The molecule has 0 bridgehead atoms. The molecule has 1 aliphatic carbocycles. The molecule has 10 heteroatoms. The van der Waals surface area contributed by atoms with Crippen LogP contribution in [0.4, 0.5) is 14.6 Å². The van der Waals surface area contributed by atoms with Gasteiger partial charge in [-0.1, -0.05) is 24.3 Å². The molecule has 2 aromatic rings. The molecule has 0 spiro atoms. The van der Waals surface area contributed by atoms with Crippen LogP contribution in [0.25, 0.3) is 11.7 Å². The predicted octanol–water partition coefficient (Wildman–Crippen LogP) is 4.08. The van der Waals surface area contributed by atoms with E-state index in [1.54, 1.807) is 38.1 Å². The van der Waals surface area contributed by atoms with E-state index in [4.69, 9.17) is 11.6 Å². The summed E-state index contributed by atoms with van der Waals surface area (Å²) in [5.74, 6) is 0.470. The van der Waals surface area contributed by atoms with Crippen LogP contribution in [0.3, 0.4) is 0 Å². The van der Waals surface area contributed by atoms with E-state index in [0.717, 1.165) is 0 Å². The van der Waals surface area contributed by atoms with Crippen molar-refractivity contribution in [3.8, 4) is 6.07 Å². The second-order valence-electron chi connectivity index (χ2n) is 7.60. The number of anilines is 1. The molecule has 1 aliphatic heterocycles. The lowest BCUT2D eigenvalue weighted by molar-refractivity contribution is 0.139. The van der Waals surface area contributed by atoms with E-state index < -0.39 is 18.2 Å². The van der Waals surface area contributed by atoms with Crippen LogP contribution in [0.15, 0.2) is 46.1 Å². The number of nitrogens with zero attached hydrogens (tertiary/aromatic N) is 6. The molecule has 4 rings (SSSR count). The Balaban J connectivity index is 1.99. The molecule has 0 atom stereocenters. The zero-order valence-electron chi connectivity index (χ0n) is 17.3. The van der Waals surface area contributed by atoms with Gasteiger partial charge in [-0.25, -0.2) is 13.8 Å². The van der Waals surface area contributed by atoms with Crippen molar-refractivity contribution < 1.29 is 13.9 Å². The van der Waals surface area contributed by atoms with Gasteiger partial charge in [-0.05, 0) is 32.1 Å². The van der Waals surface area contributed by atoms with Crippen molar-refractivity contribution in [2.24, 2.45) is 4.99 Å². The summed E-state index contributed by atoms with van der Waals surface area (Å²) in [6.45, 7) is 7.90. The van der Waals surface area contributed by atoms with E-state index in [1.807, 2.05) is 11.0 Å². The van der Waals surface area contributed by atoms with Crippen LogP contribution in [0, 0.1) is 18.3 Å². The first-order chi connectivity index (χ1) is 15.2. The van der Waals surface area contributed by atoms with Gasteiger partial charge in [0.2, 0.25) is 0 Å². The standard InChI is InChI=1S/C22H19ClF2N6O/c1-11(2)27-18-7-14(23)5-4-13(18)6-16-12(3)28-21-17(8-26)19(20(24)25)29-31(21)22(16)30-9-15(32)10-30/h4-7,15,20,32H,1,9-10H2,2-3H3/b13-6+,27-18?. The fraction of sp³-hybridized carbons (Fsp3) is 0.273. The van der Waals surface area contributed by atoms with E-state index in [2.05, 4.69) is 21.7 Å². The number of allylic oxidation sites excluding steroid dienone is 6. The van der Waals surface area contributed by atoms with E-state index in [-0.39, 0.29) is 11.2 Å². The van der Waals surface area contributed by atoms with Gasteiger partial charge in [0.15, 0.2) is 5.65 Å². The lowest BCUT2D eigenvalue weighted by Crippen LogP contribution is -2.52. The maximum absolute atomic E-state index is 13.6. The number of halogens is 3. The Morgan fingerprint density at radius 1 is 1.44 bits per heavy atom. The Labute approximate surface area is 188 Å². The lowest BCUT2D eigenvalue weighted by Gasteiger charge is -2.38. The Kier molecular flexibility index (Phi) is 5.67. The number of fused-ring (bicyclic) bond motifs is 1. The summed E-state index contributed by atoms with van der Waals surface area (Å²) >= 11 is 6.14. The normalized spacial score (nSPS) is 19.1. The molecule has 7 nitrogen and oxygen atoms in total. The number of aliphatic hydroxyl groups is 1. The average Bonchev–Trinajstić information content (AvgIpc) is 3.06. The van der Waals surface area contributed by atoms with Crippen LogP contribution in [-0.4, -0.2) is 44.6 Å². The number of aliphatic imine (C=N–C) groups is 1. The van der Waals surface area contributed by atoms with Gasteiger partial charge in [0.05, 0.1) is 17.5 Å². The Morgan fingerprint density at radius 3 is 2.75 bits per heavy atom. The summed E-state index contributed by atoms with van der Waals surface area (Å²) in [4.78, 5) is 10.7. The van der Waals surface area contributed by atoms with Crippen LogP contribution >= 0.6 is 11.6 Å². The van der Waals surface area contributed by atoms with Gasteiger partial charge >= 0.3 is 0 Å². The van der Waals surface area contributed by atoms with Crippen LogP contribution in [0.5, 0.6) is 0 Å². The first-order valence-corrected chi connectivity index (χ1v) is 10.1. The number of aliphatic hydroxyl groups excluding tert-OH is 1. The molecular formula is C22H19ClF2N6O. The third-order valence-corrected chi connectivity index (χ3v) is 5.31. The number of hydrogen-bond acceptors (Lipinski definition) is 6. The molecule has 1 N–H and O–H groups in total. The molecule has 3 heterocycles. The van der Waals surface area contributed by atoms with Gasteiger partial charge in [0.25, 0.3) is 6.43 Å². The Morgan fingerprint density at radius 2 is 2.16 bits per heavy atom. The fourth-order valence-corrected chi connectivity index (χ4v) is 3.80. The summed E-state index contributed by atoms with van der Waals surface area (Å²) in [6.07, 6.45) is 3.55. The van der Waals surface area contributed by atoms with Gasteiger partial charge in [-0.3, -0.25) is 4.99 Å². The highest BCUT2D eigenvalue weighted by Gasteiger charge is 2.32. The third-order valence-electron chi connectivity index (χ3n) is 5.08. The number of β-amino-alcohol motifs (C(OH)–C–C–N with tert-alkyl or cyclic N) is 1. The van der Waals surface area contributed by atoms with Crippen molar-refractivity contribution in [1.82, 2.24) is 14.6 Å². The van der Waals surface area contributed by atoms with Crippen molar-refractivity contribution in [1.29, 1.82) is 5.26 Å². The first-order valence-electron chi connectivity index (χ1n) is 9.75. The SMILES string of the molecule is C=C(C)N=C1C=C(Cl)C=C/C1=C\c1c(C)nc2c(C#N)c(C(F)F)nn2c1N1CC(O)C1. The summed E-state index contributed by atoms with van der Waals surface area (Å²) in [6, 6.07) is 1.80. The molecule has 0 unspecified atom stereocenters. The summed E-state index contributed by atoms with van der Waals surface area (Å²) in [5.41, 5.74) is 2.18. The van der Waals surface area contributed by atoms with Crippen LogP contribution in [-0.2, 0) is 0 Å². The Bertz CT molecular complexity index is 1290. The zero-order chi connectivity index (χ0) is 23.2. The van der Waals surface area contributed by atoms with Gasteiger partial charge in [-0.15, -0.1) is 0 Å². The topological polar surface area (TPSA) is 89.8 Å². The minimum Gasteiger partial charge on any atom is -0.389 e. The van der Waals surface area contributed by atoms with Gasteiger partial charge < -0.3 is 10.0 Å². The van der Waals surface area contributed by atoms with E-state index in [1.165, 1.54) is 4.52 Å². The van der Waals surface area contributed by atoms with Crippen LogP contribution in [0.2, 0.25) is 0 Å². The highest BCUT2D eigenvalue weighted by molar-refractivity contribution is 6.35. The molecule has 0 radical (unpaired) electrons. The van der Waals surface area contributed by atoms with Crippen molar-refractivity contribution in [2.45, 2.75) is 26.4 Å². The number of nitriles is 1. The van der Waals surface area contributed by atoms with Crippen molar-refractivity contribution in [2.75, 3.05) is 18.0 Å². The molecular weight excluding hydrogens is 438 g/mol. The zero-order valence-corrected chi connectivity index (χ0v) is 18.1. The number of aromatic nitrogens is 3. The van der Waals surface area contributed by atoms with E-state index >= 15 is 0 Å². The first kappa shape index (κ1) is 21.9. The van der Waals surface area contributed by atoms with Crippen molar-refractivity contribution in [3.63, 3.8) is 0 Å². The maximum atomic E-state index is 13.6. The van der Waals surface area contributed by atoms with Crippen LogP contribution < -0.4 is 4.90 Å². The second kappa shape index (κ2) is 8.30. The maximum Gasteiger partial charge on any atom is 0.283 e. The number of aryl methyl sites for hydroxylation is 1.